The number of carbonyl (C=O) groups is 1. The van der Waals surface area contributed by atoms with Crippen LogP contribution in [0.4, 0.5) is 5.69 Å². The molecule has 28 heavy (non-hydrogen) atoms. The van der Waals surface area contributed by atoms with Gasteiger partial charge in [-0.1, -0.05) is 19.9 Å². The number of aryl methyl sites for hydroxylation is 2. The van der Waals surface area contributed by atoms with Gasteiger partial charge in [0.1, 0.15) is 0 Å². The van der Waals surface area contributed by atoms with Gasteiger partial charge in [-0.25, -0.2) is 0 Å². The fourth-order valence-electron chi connectivity index (χ4n) is 4.29. The number of thiocarbonyl (C=S) groups is 1. The van der Waals surface area contributed by atoms with Crippen molar-refractivity contribution < 1.29 is 4.79 Å². The predicted molar refractivity (Wildman–Crippen MR) is 120 cm³/mol. The molecule has 2 aliphatic rings. The highest BCUT2D eigenvalue weighted by Gasteiger charge is 2.27. The first-order chi connectivity index (χ1) is 13.3. The molecule has 0 bridgehead atoms. The molecule has 0 aromatic heterocycles. The molecule has 2 atom stereocenters. The molecule has 0 saturated carbocycles. The van der Waals surface area contributed by atoms with Crippen LogP contribution in [0.1, 0.15) is 31.4 Å². The van der Waals surface area contributed by atoms with Crippen molar-refractivity contribution in [1.29, 1.82) is 0 Å². The van der Waals surface area contributed by atoms with Crippen LogP contribution in [0.25, 0.3) is 0 Å². The summed E-state index contributed by atoms with van der Waals surface area (Å²) >= 11 is 5.61. The summed E-state index contributed by atoms with van der Waals surface area (Å²) in [6, 6.07) is 6.33. The van der Waals surface area contributed by atoms with Gasteiger partial charge in [-0.15, -0.1) is 0 Å². The lowest BCUT2D eigenvalue weighted by Crippen LogP contribution is -2.53. The van der Waals surface area contributed by atoms with Crippen LogP contribution >= 0.6 is 12.2 Å². The average Bonchev–Trinajstić information content (AvgIpc) is 2.64. The second-order valence-electron chi connectivity index (χ2n) is 8.74. The molecule has 6 heteroatoms. The summed E-state index contributed by atoms with van der Waals surface area (Å²) in [6.07, 6.45) is 1.23. The molecule has 0 unspecified atom stereocenters. The van der Waals surface area contributed by atoms with Gasteiger partial charge in [0, 0.05) is 45.0 Å². The first-order valence-electron chi connectivity index (χ1n) is 10.4. The maximum Gasteiger partial charge on any atom is 0.236 e. The van der Waals surface area contributed by atoms with Crippen LogP contribution in [0.15, 0.2) is 18.2 Å². The van der Waals surface area contributed by atoms with Crippen LogP contribution in [-0.2, 0) is 4.79 Å². The predicted octanol–water partition coefficient (Wildman–Crippen LogP) is 3.12. The summed E-state index contributed by atoms with van der Waals surface area (Å²) in [5.41, 5.74) is 3.59. The molecule has 3 rings (SSSR count). The van der Waals surface area contributed by atoms with E-state index in [9.17, 15) is 4.79 Å². The number of carbonyl (C=O) groups excluding carboxylic acids is 1. The SMILES string of the molecule is Cc1ccc(NC(=S)N2CCN(CC(=O)N3C[C@@H](C)C[C@H](C)C3)CC2)cc1C. The molecule has 1 aromatic rings. The van der Waals surface area contributed by atoms with Crippen molar-refractivity contribution in [3.63, 3.8) is 0 Å². The minimum atomic E-state index is 0.280. The Bertz CT molecular complexity index is 704. The van der Waals surface area contributed by atoms with E-state index in [0.29, 0.717) is 18.4 Å². The Morgan fingerprint density at radius 2 is 1.68 bits per heavy atom. The molecule has 2 aliphatic heterocycles. The summed E-state index contributed by atoms with van der Waals surface area (Å²) < 4.78 is 0. The third-order valence-electron chi connectivity index (χ3n) is 6.00. The smallest absolute Gasteiger partial charge is 0.236 e. The highest BCUT2D eigenvalue weighted by atomic mass is 32.1. The topological polar surface area (TPSA) is 38.8 Å². The number of nitrogens with zero attached hydrogens (tertiary/aromatic N) is 3. The number of nitrogens with one attached hydrogen (secondary N) is 1. The highest BCUT2D eigenvalue weighted by Crippen LogP contribution is 2.21. The van der Waals surface area contributed by atoms with Crippen molar-refractivity contribution in [3.8, 4) is 0 Å². The van der Waals surface area contributed by atoms with Gasteiger partial charge in [0.05, 0.1) is 6.54 Å². The quantitative estimate of drug-likeness (QED) is 0.787. The van der Waals surface area contributed by atoms with E-state index in [1.165, 1.54) is 17.5 Å². The zero-order valence-corrected chi connectivity index (χ0v) is 18.5. The van der Waals surface area contributed by atoms with Crippen LogP contribution in [0.5, 0.6) is 0 Å². The Kier molecular flexibility index (Phi) is 6.94. The van der Waals surface area contributed by atoms with Crippen LogP contribution in [0.2, 0.25) is 0 Å². The minimum absolute atomic E-state index is 0.280. The second-order valence-corrected chi connectivity index (χ2v) is 9.12. The molecule has 154 valence electrons. The Morgan fingerprint density at radius 1 is 1.04 bits per heavy atom. The molecule has 0 radical (unpaired) electrons. The molecule has 2 heterocycles. The Balaban J connectivity index is 1.45. The van der Waals surface area contributed by atoms with Gasteiger partial charge in [-0.05, 0) is 67.6 Å². The zero-order chi connectivity index (χ0) is 20.3. The molecule has 0 spiro atoms. The zero-order valence-electron chi connectivity index (χ0n) is 17.7. The van der Waals surface area contributed by atoms with Gasteiger partial charge < -0.3 is 15.1 Å². The number of amides is 1. The maximum absolute atomic E-state index is 12.7. The Labute approximate surface area is 175 Å². The number of piperidine rings is 1. The van der Waals surface area contributed by atoms with Crippen molar-refractivity contribution in [1.82, 2.24) is 14.7 Å². The molecule has 1 N–H and O–H groups in total. The highest BCUT2D eigenvalue weighted by molar-refractivity contribution is 7.80. The molecule has 1 amide bonds. The van der Waals surface area contributed by atoms with E-state index >= 15 is 0 Å². The Hall–Kier alpha value is -1.66. The van der Waals surface area contributed by atoms with E-state index in [1.54, 1.807) is 0 Å². The van der Waals surface area contributed by atoms with Crippen molar-refractivity contribution in [2.45, 2.75) is 34.1 Å². The molecule has 2 saturated heterocycles. The van der Waals surface area contributed by atoms with E-state index in [0.717, 1.165) is 50.1 Å². The lowest BCUT2D eigenvalue weighted by molar-refractivity contribution is -0.135. The maximum atomic E-state index is 12.7. The lowest BCUT2D eigenvalue weighted by atomic mass is 9.92. The fraction of sp³-hybridized carbons (Fsp3) is 0.636. The first-order valence-corrected chi connectivity index (χ1v) is 10.9. The number of rotatable bonds is 3. The monoisotopic (exact) mass is 402 g/mol. The summed E-state index contributed by atoms with van der Waals surface area (Å²) in [5.74, 6) is 1.50. The number of anilines is 1. The van der Waals surface area contributed by atoms with E-state index in [-0.39, 0.29) is 5.91 Å². The van der Waals surface area contributed by atoms with E-state index < -0.39 is 0 Å². The van der Waals surface area contributed by atoms with Crippen LogP contribution in [0, 0.1) is 25.7 Å². The van der Waals surface area contributed by atoms with Gasteiger partial charge in [-0.2, -0.15) is 0 Å². The number of likely N-dealkylation sites (tertiary alicyclic amines) is 1. The van der Waals surface area contributed by atoms with E-state index in [2.05, 4.69) is 65.9 Å². The minimum Gasteiger partial charge on any atom is -0.346 e. The molecule has 5 nitrogen and oxygen atoms in total. The van der Waals surface area contributed by atoms with E-state index in [1.807, 2.05) is 0 Å². The molecular weight excluding hydrogens is 368 g/mol. The summed E-state index contributed by atoms with van der Waals surface area (Å²) in [5, 5.41) is 4.13. The molecule has 1 aromatic carbocycles. The summed E-state index contributed by atoms with van der Waals surface area (Å²) in [7, 11) is 0. The average molecular weight is 403 g/mol. The van der Waals surface area contributed by atoms with Crippen LogP contribution in [-0.4, -0.2) is 71.5 Å². The van der Waals surface area contributed by atoms with Crippen LogP contribution < -0.4 is 5.32 Å². The number of piperazine rings is 1. The van der Waals surface area contributed by atoms with Crippen molar-refractivity contribution >= 4 is 28.9 Å². The summed E-state index contributed by atoms with van der Waals surface area (Å²) in [4.78, 5) is 19.2. The number of benzene rings is 1. The lowest BCUT2D eigenvalue weighted by Gasteiger charge is -2.39. The van der Waals surface area contributed by atoms with Gasteiger partial charge in [0.25, 0.3) is 0 Å². The third kappa shape index (κ3) is 5.45. The van der Waals surface area contributed by atoms with Crippen LogP contribution in [0.3, 0.4) is 0 Å². The third-order valence-corrected chi connectivity index (χ3v) is 6.36. The molecule has 0 aliphatic carbocycles. The standard InChI is InChI=1S/C22H34N4OS/c1-16-11-17(2)14-26(13-16)21(27)15-24-7-9-25(10-8-24)22(28)23-20-6-5-18(3)19(4)12-20/h5-6,12,16-17H,7-11,13-15H2,1-4H3,(H,23,28)/t16-,17-/m0/s1. The van der Waals surface area contributed by atoms with Gasteiger partial charge in [-0.3, -0.25) is 9.69 Å². The number of hydrogen-bond acceptors (Lipinski definition) is 3. The normalized spacial score (nSPS) is 23.6. The largest absolute Gasteiger partial charge is 0.346 e. The Morgan fingerprint density at radius 3 is 2.29 bits per heavy atom. The first kappa shape index (κ1) is 21.1. The second kappa shape index (κ2) is 9.23. The fourth-order valence-corrected chi connectivity index (χ4v) is 4.59. The number of hydrogen-bond donors (Lipinski definition) is 1. The molecular formula is C22H34N4OS. The van der Waals surface area contributed by atoms with Gasteiger partial charge in [0.2, 0.25) is 5.91 Å². The van der Waals surface area contributed by atoms with E-state index in [4.69, 9.17) is 12.2 Å². The van der Waals surface area contributed by atoms with Gasteiger partial charge in [0.15, 0.2) is 5.11 Å². The van der Waals surface area contributed by atoms with Crippen molar-refractivity contribution in [3.05, 3.63) is 29.3 Å². The van der Waals surface area contributed by atoms with Gasteiger partial charge >= 0.3 is 0 Å². The molecule has 2 fully saturated rings. The van der Waals surface area contributed by atoms with Crippen molar-refractivity contribution in [2.24, 2.45) is 11.8 Å². The van der Waals surface area contributed by atoms with Crippen molar-refractivity contribution in [2.75, 3.05) is 51.1 Å². The summed E-state index contributed by atoms with van der Waals surface area (Å²) in [6.45, 7) is 14.5.